The summed E-state index contributed by atoms with van der Waals surface area (Å²) >= 11 is 0. The summed E-state index contributed by atoms with van der Waals surface area (Å²) in [4.78, 5) is 23.8. The Kier molecular flexibility index (Phi) is 7.32. The molecule has 0 saturated carbocycles. The monoisotopic (exact) mass is 412 g/mol. The molecule has 0 fully saturated rings. The number of ether oxygens (including phenoxy) is 1. The van der Waals surface area contributed by atoms with Crippen molar-refractivity contribution in [2.24, 2.45) is 0 Å². The van der Waals surface area contributed by atoms with Crippen LogP contribution in [0.15, 0.2) is 60.7 Å². The number of rotatable bonds is 9. The van der Waals surface area contributed by atoms with Gasteiger partial charge in [0.1, 0.15) is 24.0 Å². The quantitative estimate of drug-likeness (QED) is 0.525. The molecule has 0 aliphatic heterocycles. The molecule has 7 heteroatoms. The van der Waals surface area contributed by atoms with Crippen LogP contribution in [0, 0.1) is 11.6 Å². The summed E-state index contributed by atoms with van der Waals surface area (Å²) in [6.07, 6.45) is 0.602. The Morgan fingerprint density at radius 3 is 2.53 bits per heavy atom. The lowest BCUT2D eigenvalue weighted by atomic mass is 10.1. The lowest BCUT2D eigenvalue weighted by molar-refractivity contribution is -0.121. The minimum Gasteiger partial charge on any atom is -0.491 e. The smallest absolute Gasteiger partial charge is 0.254 e. The minimum absolute atomic E-state index is 0.168. The Labute approximate surface area is 173 Å². The summed E-state index contributed by atoms with van der Waals surface area (Å²) in [6.45, 7) is 0.894. The average Bonchev–Trinajstić information content (AvgIpc) is 2.74. The Bertz CT molecular complexity index is 1030. The average molecular weight is 412 g/mol. The van der Waals surface area contributed by atoms with Gasteiger partial charge in [-0.05, 0) is 30.0 Å². The van der Waals surface area contributed by atoms with E-state index < -0.39 is 17.5 Å². The van der Waals surface area contributed by atoms with Crippen LogP contribution in [0.2, 0.25) is 0 Å². The van der Waals surface area contributed by atoms with E-state index >= 15 is 0 Å². The molecule has 2 N–H and O–H groups in total. The molecule has 0 saturated heterocycles. The minimum atomic E-state index is -0.920. The molecule has 0 aliphatic rings. The summed E-state index contributed by atoms with van der Waals surface area (Å²) in [5.74, 6) is -1.71. The van der Waals surface area contributed by atoms with Crippen LogP contribution < -0.4 is 15.4 Å². The highest BCUT2D eigenvalue weighted by Crippen LogP contribution is 2.24. The van der Waals surface area contributed by atoms with Crippen LogP contribution in [-0.4, -0.2) is 31.5 Å². The SMILES string of the molecule is O=C(CCCNC(=O)c1ccc(F)cc1F)NCCOc1cccc2ccccc12. The van der Waals surface area contributed by atoms with E-state index in [4.69, 9.17) is 4.74 Å². The van der Waals surface area contributed by atoms with Gasteiger partial charge in [-0.25, -0.2) is 8.78 Å². The maximum Gasteiger partial charge on any atom is 0.254 e. The molecule has 0 unspecified atom stereocenters. The first-order chi connectivity index (χ1) is 14.5. The molecule has 156 valence electrons. The van der Waals surface area contributed by atoms with Crippen molar-refractivity contribution in [3.8, 4) is 5.75 Å². The molecule has 0 aliphatic carbocycles. The molecule has 3 aromatic rings. The van der Waals surface area contributed by atoms with Crippen molar-refractivity contribution >= 4 is 22.6 Å². The molecular weight excluding hydrogens is 390 g/mol. The number of halogens is 2. The van der Waals surface area contributed by atoms with Gasteiger partial charge < -0.3 is 15.4 Å². The lowest BCUT2D eigenvalue weighted by Gasteiger charge is -2.10. The van der Waals surface area contributed by atoms with Crippen molar-refractivity contribution in [2.75, 3.05) is 19.7 Å². The predicted octanol–water partition coefficient (Wildman–Crippen LogP) is 3.82. The van der Waals surface area contributed by atoms with E-state index in [1.165, 1.54) is 0 Å². The Morgan fingerprint density at radius 1 is 0.900 bits per heavy atom. The van der Waals surface area contributed by atoms with Crippen molar-refractivity contribution in [1.82, 2.24) is 10.6 Å². The van der Waals surface area contributed by atoms with E-state index in [1.807, 2.05) is 42.5 Å². The Hall–Kier alpha value is -3.48. The standard InChI is InChI=1S/C23H22F2N2O3/c24-17-10-11-19(20(25)15-17)23(29)27-12-4-9-22(28)26-13-14-30-21-8-3-6-16-5-1-2-7-18(16)21/h1-3,5-8,10-11,15H,4,9,12-14H2,(H,26,28)(H,27,29). The van der Waals surface area contributed by atoms with Crippen LogP contribution >= 0.6 is 0 Å². The summed E-state index contributed by atoms with van der Waals surface area (Å²) < 4.78 is 32.2. The highest BCUT2D eigenvalue weighted by atomic mass is 19.1. The van der Waals surface area contributed by atoms with Crippen LogP contribution in [0.5, 0.6) is 5.75 Å². The topological polar surface area (TPSA) is 67.4 Å². The lowest BCUT2D eigenvalue weighted by Crippen LogP contribution is -2.30. The third-order valence-electron chi connectivity index (χ3n) is 4.47. The van der Waals surface area contributed by atoms with Gasteiger partial charge in [0.05, 0.1) is 12.1 Å². The number of benzene rings is 3. The third-order valence-corrected chi connectivity index (χ3v) is 4.47. The second-order valence-electron chi connectivity index (χ2n) is 6.66. The van der Waals surface area contributed by atoms with Crippen LogP contribution in [0.25, 0.3) is 10.8 Å². The zero-order valence-electron chi connectivity index (χ0n) is 16.3. The Morgan fingerprint density at radius 2 is 1.70 bits per heavy atom. The number of carbonyl (C=O) groups excluding carboxylic acids is 2. The van der Waals surface area contributed by atoms with Gasteiger partial charge in [0.25, 0.3) is 5.91 Å². The van der Waals surface area contributed by atoms with Gasteiger partial charge in [-0.15, -0.1) is 0 Å². The van der Waals surface area contributed by atoms with Crippen molar-refractivity contribution in [1.29, 1.82) is 0 Å². The second kappa shape index (κ2) is 10.3. The van der Waals surface area contributed by atoms with E-state index in [2.05, 4.69) is 10.6 Å². The Balaban J connectivity index is 1.33. The van der Waals surface area contributed by atoms with E-state index in [0.717, 1.165) is 28.7 Å². The zero-order valence-corrected chi connectivity index (χ0v) is 16.3. The number of amides is 2. The highest BCUT2D eigenvalue weighted by molar-refractivity contribution is 5.94. The van der Waals surface area contributed by atoms with E-state index in [-0.39, 0.29) is 24.4 Å². The van der Waals surface area contributed by atoms with Crippen molar-refractivity contribution in [3.63, 3.8) is 0 Å². The number of nitrogens with one attached hydrogen (secondary N) is 2. The molecule has 0 spiro atoms. The fraction of sp³-hybridized carbons (Fsp3) is 0.217. The molecule has 2 amide bonds. The van der Waals surface area contributed by atoms with Gasteiger partial charge >= 0.3 is 0 Å². The fourth-order valence-corrected chi connectivity index (χ4v) is 2.98. The molecule has 5 nitrogen and oxygen atoms in total. The van der Waals surface area contributed by atoms with Gasteiger partial charge in [0.2, 0.25) is 5.91 Å². The predicted molar refractivity (Wildman–Crippen MR) is 110 cm³/mol. The first-order valence-corrected chi connectivity index (χ1v) is 9.65. The fourth-order valence-electron chi connectivity index (χ4n) is 2.98. The van der Waals surface area contributed by atoms with Crippen molar-refractivity contribution < 1.29 is 23.1 Å². The van der Waals surface area contributed by atoms with E-state index in [1.54, 1.807) is 0 Å². The number of fused-ring (bicyclic) bond motifs is 1. The summed E-state index contributed by atoms with van der Waals surface area (Å²) in [5.41, 5.74) is -0.230. The van der Waals surface area contributed by atoms with Crippen LogP contribution in [-0.2, 0) is 4.79 Å². The molecule has 3 rings (SSSR count). The number of hydrogen-bond acceptors (Lipinski definition) is 3. The van der Waals surface area contributed by atoms with Crippen LogP contribution in [0.1, 0.15) is 23.2 Å². The molecule has 30 heavy (non-hydrogen) atoms. The summed E-state index contributed by atoms with van der Waals surface area (Å²) in [5, 5.41) is 7.37. The molecule has 0 aromatic heterocycles. The second-order valence-corrected chi connectivity index (χ2v) is 6.66. The van der Waals surface area contributed by atoms with E-state index in [9.17, 15) is 18.4 Å². The van der Waals surface area contributed by atoms with Gasteiger partial charge in [0.15, 0.2) is 0 Å². The molecule has 0 radical (unpaired) electrons. The highest BCUT2D eigenvalue weighted by Gasteiger charge is 2.12. The molecule has 0 heterocycles. The van der Waals surface area contributed by atoms with Crippen LogP contribution in [0.3, 0.4) is 0 Å². The number of carbonyl (C=O) groups is 2. The molecule has 3 aromatic carbocycles. The third kappa shape index (κ3) is 5.76. The first-order valence-electron chi connectivity index (χ1n) is 9.65. The molecule has 0 bridgehead atoms. The van der Waals surface area contributed by atoms with Gasteiger partial charge in [-0.1, -0.05) is 36.4 Å². The summed E-state index contributed by atoms with van der Waals surface area (Å²) in [6, 6.07) is 16.5. The van der Waals surface area contributed by atoms with Gasteiger partial charge in [0, 0.05) is 24.4 Å². The largest absolute Gasteiger partial charge is 0.491 e. The van der Waals surface area contributed by atoms with Crippen molar-refractivity contribution in [2.45, 2.75) is 12.8 Å². The maximum atomic E-state index is 13.5. The van der Waals surface area contributed by atoms with Crippen molar-refractivity contribution in [3.05, 3.63) is 77.9 Å². The van der Waals surface area contributed by atoms with Crippen LogP contribution in [0.4, 0.5) is 8.78 Å². The first kappa shape index (κ1) is 21.2. The van der Waals surface area contributed by atoms with E-state index in [0.29, 0.717) is 25.6 Å². The number of hydrogen-bond donors (Lipinski definition) is 2. The molecule has 0 atom stereocenters. The van der Waals surface area contributed by atoms with Gasteiger partial charge in [-0.2, -0.15) is 0 Å². The summed E-state index contributed by atoms with van der Waals surface area (Å²) in [7, 11) is 0. The zero-order chi connectivity index (χ0) is 21.3. The molecular formula is C23H22F2N2O3. The maximum absolute atomic E-state index is 13.5. The normalized spacial score (nSPS) is 10.6. The van der Waals surface area contributed by atoms with Gasteiger partial charge in [-0.3, -0.25) is 9.59 Å².